The number of anilines is 1. The molecule has 0 radical (unpaired) electrons. The van der Waals surface area contributed by atoms with Crippen molar-refractivity contribution < 1.29 is 4.39 Å². The summed E-state index contributed by atoms with van der Waals surface area (Å²) in [5, 5.41) is 6.29. The molecule has 0 aliphatic heterocycles. The second kappa shape index (κ2) is 3.98. The number of hydrogen-bond donors (Lipinski definition) is 2. The minimum atomic E-state index is -0.358. The van der Waals surface area contributed by atoms with Crippen LogP contribution in [0.1, 0.15) is 37.8 Å². The van der Waals surface area contributed by atoms with Crippen LogP contribution in [0.15, 0.2) is 0 Å². The molecule has 0 amide bonds. The Bertz CT molecular complexity index is 302. The molecule has 0 unspecified atom stereocenters. The van der Waals surface area contributed by atoms with Gasteiger partial charge in [0.05, 0.1) is 5.69 Å². The van der Waals surface area contributed by atoms with Crippen LogP contribution in [0.25, 0.3) is 0 Å². The Kier molecular flexibility index (Phi) is 2.70. The van der Waals surface area contributed by atoms with Crippen LogP contribution in [0.5, 0.6) is 0 Å². The lowest BCUT2D eigenvalue weighted by Gasteiger charge is -2.06. The molecule has 1 saturated carbocycles. The second-order valence-corrected chi connectivity index (χ2v) is 4.09. The van der Waals surface area contributed by atoms with Crippen molar-refractivity contribution in [2.75, 3.05) is 5.73 Å². The molecule has 2 rings (SSSR count). The fraction of sp³-hybridized carbons (Fsp3) is 0.700. The maximum atomic E-state index is 13.2. The number of H-pyrrole nitrogens is 1. The predicted molar refractivity (Wildman–Crippen MR) is 53.2 cm³/mol. The molecule has 14 heavy (non-hydrogen) atoms. The minimum absolute atomic E-state index is 0.00794. The Morgan fingerprint density at radius 1 is 1.43 bits per heavy atom. The number of halogens is 1. The van der Waals surface area contributed by atoms with Gasteiger partial charge in [0, 0.05) is 0 Å². The van der Waals surface area contributed by atoms with Crippen LogP contribution in [0.4, 0.5) is 10.2 Å². The fourth-order valence-electron chi connectivity index (χ4n) is 2.19. The van der Waals surface area contributed by atoms with Crippen LogP contribution < -0.4 is 5.73 Å². The monoisotopic (exact) mass is 197 g/mol. The molecule has 0 spiro atoms. The summed E-state index contributed by atoms with van der Waals surface area (Å²) in [4.78, 5) is 0. The SMILES string of the molecule is Nc1n[nH]c(CCC2CCCC2)c1F. The Morgan fingerprint density at radius 2 is 2.14 bits per heavy atom. The first kappa shape index (κ1) is 9.49. The Balaban J connectivity index is 1.88. The van der Waals surface area contributed by atoms with Crippen LogP contribution in [0.3, 0.4) is 0 Å². The molecule has 0 saturated heterocycles. The highest BCUT2D eigenvalue weighted by Crippen LogP contribution is 2.28. The van der Waals surface area contributed by atoms with Crippen LogP contribution in [-0.4, -0.2) is 10.2 Å². The quantitative estimate of drug-likeness (QED) is 0.780. The summed E-state index contributed by atoms with van der Waals surface area (Å²) in [7, 11) is 0. The van der Waals surface area contributed by atoms with Crippen molar-refractivity contribution in [2.45, 2.75) is 38.5 Å². The molecule has 0 atom stereocenters. The molecule has 78 valence electrons. The average molecular weight is 197 g/mol. The van der Waals surface area contributed by atoms with Gasteiger partial charge in [-0.15, -0.1) is 0 Å². The number of aryl methyl sites for hydroxylation is 1. The van der Waals surface area contributed by atoms with Crippen LogP contribution >= 0.6 is 0 Å². The van der Waals surface area contributed by atoms with E-state index in [9.17, 15) is 4.39 Å². The second-order valence-electron chi connectivity index (χ2n) is 4.09. The molecule has 0 aromatic carbocycles. The molecule has 0 bridgehead atoms. The summed E-state index contributed by atoms with van der Waals surface area (Å²) >= 11 is 0. The zero-order valence-corrected chi connectivity index (χ0v) is 8.22. The van der Waals surface area contributed by atoms with Crippen molar-refractivity contribution in [3.05, 3.63) is 11.5 Å². The maximum absolute atomic E-state index is 13.2. The van der Waals surface area contributed by atoms with Gasteiger partial charge in [0.15, 0.2) is 11.6 Å². The summed E-state index contributed by atoms with van der Waals surface area (Å²) in [5.74, 6) is 0.411. The number of aromatic amines is 1. The van der Waals surface area contributed by atoms with Gasteiger partial charge in [0.2, 0.25) is 0 Å². The molecular weight excluding hydrogens is 181 g/mol. The minimum Gasteiger partial charge on any atom is -0.380 e. The molecule has 4 heteroatoms. The third-order valence-electron chi connectivity index (χ3n) is 3.08. The summed E-state index contributed by atoms with van der Waals surface area (Å²) in [5.41, 5.74) is 5.87. The van der Waals surface area contributed by atoms with Crippen LogP contribution in [-0.2, 0) is 6.42 Å². The van der Waals surface area contributed by atoms with Gasteiger partial charge >= 0.3 is 0 Å². The zero-order valence-electron chi connectivity index (χ0n) is 8.22. The van der Waals surface area contributed by atoms with E-state index < -0.39 is 0 Å². The molecule has 1 fully saturated rings. The van der Waals surface area contributed by atoms with Gasteiger partial charge in [0.1, 0.15) is 0 Å². The zero-order chi connectivity index (χ0) is 9.97. The van der Waals surface area contributed by atoms with E-state index in [0.29, 0.717) is 5.69 Å². The van der Waals surface area contributed by atoms with Crippen molar-refractivity contribution in [3.8, 4) is 0 Å². The first-order chi connectivity index (χ1) is 6.77. The standard InChI is InChI=1S/C10H16FN3/c11-9-8(13-14-10(9)12)6-5-7-3-1-2-4-7/h7H,1-6H2,(H3,12,13,14). The highest BCUT2D eigenvalue weighted by molar-refractivity contribution is 5.31. The molecule has 1 aliphatic rings. The molecule has 1 aliphatic carbocycles. The maximum Gasteiger partial charge on any atom is 0.187 e. The lowest BCUT2D eigenvalue weighted by molar-refractivity contribution is 0.492. The van der Waals surface area contributed by atoms with Gasteiger partial charge in [-0.3, -0.25) is 5.10 Å². The normalized spacial score (nSPS) is 17.8. The Hall–Kier alpha value is -1.06. The summed E-state index contributed by atoms with van der Waals surface area (Å²) in [6, 6.07) is 0. The molecule has 1 heterocycles. The average Bonchev–Trinajstić information content (AvgIpc) is 2.77. The van der Waals surface area contributed by atoms with Gasteiger partial charge in [-0.2, -0.15) is 5.10 Å². The topological polar surface area (TPSA) is 54.7 Å². The molecule has 3 nitrogen and oxygen atoms in total. The summed E-state index contributed by atoms with van der Waals surface area (Å²) in [6.07, 6.45) is 7.05. The molecular formula is C10H16FN3. The third kappa shape index (κ3) is 1.89. The van der Waals surface area contributed by atoms with Gasteiger partial charge < -0.3 is 5.73 Å². The molecule has 1 aromatic heterocycles. The van der Waals surface area contributed by atoms with E-state index in [0.717, 1.165) is 18.8 Å². The van der Waals surface area contributed by atoms with Crippen molar-refractivity contribution in [1.29, 1.82) is 0 Å². The number of nitrogens with one attached hydrogen (secondary N) is 1. The Morgan fingerprint density at radius 3 is 2.71 bits per heavy atom. The number of hydrogen-bond acceptors (Lipinski definition) is 2. The van der Waals surface area contributed by atoms with E-state index >= 15 is 0 Å². The van der Waals surface area contributed by atoms with E-state index in [2.05, 4.69) is 10.2 Å². The van der Waals surface area contributed by atoms with Crippen molar-refractivity contribution in [1.82, 2.24) is 10.2 Å². The van der Waals surface area contributed by atoms with Crippen molar-refractivity contribution in [2.24, 2.45) is 5.92 Å². The number of nitrogen functional groups attached to an aromatic ring is 1. The lowest BCUT2D eigenvalue weighted by Crippen LogP contribution is -1.98. The summed E-state index contributed by atoms with van der Waals surface area (Å²) in [6.45, 7) is 0. The number of aromatic nitrogens is 2. The first-order valence-corrected chi connectivity index (χ1v) is 5.25. The third-order valence-corrected chi connectivity index (χ3v) is 3.08. The number of rotatable bonds is 3. The van der Waals surface area contributed by atoms with E-state index in [-0.39, 0.29) is 11.6 Å². The largest absolute Gasteiger partial charge is 0.380 e. The molecule has 1 aromatic rings. The fourth-order valence-corrected chi connectivity index (χ4v) is 2.19. The van der Waals surface area contributed by atoms with Crippen molar-refractivity contribution in [3.63, 3.8) is 0 Å². The lowest BCUT2D eigenvalue weighted by atomic mass is 10.0. The van der Waals surface area contributed by atoms with E-state index in [1.54, 1.807) is 0 Å². The van der Waals surface area contributed by atoms with Crippen LogP contribution in [0, 0.1) is 11.7 Å². The number of nitrogens with two attached hydrogens (primary N) is 1. The van der Waals surface area contributed by atoms with Crippen molar-refractivity contribution >= 4 is 5.82 Å². The van der Waals surface area contributed by atoms with E-state index in [1.807, 2.05) is 0 Å². The van der Waals surface area contributed by atoms with E-state index in [4.69, 9.17) is 5.73 Å². The van der Waals surface area contributed by atoms with Crippen LogP contribution in [0.2, 0.25) is 0 Å². The van der Waals surface area contributed by atoms with Gasteiger partial charge in [-0.1, -0.05) is 25.7 Å². The number of nitrogens with zero attached hydrogens (tertiary/aromatic N) is 1. The highest BCUT2D eigenvalue weighted by Gasteiger charge is 2.17. The molecule has 3 N–H and O–H groups in total. The first-order valence-electron chi connectivity index (χ1n) is 5.25. The Labute approximate surface area is 82.9 Å². The summed E-state index contributed by atoms with van der Waals surface area (Å²) < 4.78 is 13.2. The predicted octanol–water partition coefficient (Wildman–Crippen LogP) is 2.25. The van der Waals surface area contributed by atoms with Gasteiger partial charge in [0.25, 0.3) is 0 Å². The smallest absolute Gasteiger partial charge is 0.187 e. The van der Waals surface area contributed by atoms with E-state index in [1.165, 1.54) is 25.7 Å². The highest BCUT2D eigenvalue weighted by atomic mass is 19.1. The van der Waals surface area contributed by atoms with Gasteiger partial charge in [-0.05, 0) is 18.8 Å². The van der Waals surface area contributed by atoms with Gasteiger partial charge in [-0.25, -0.2) is 4.39 Å².